The summed E-state index contributed by atoms with van der Waals surface area (Å²) in [5.41, 5.74) is 0.943. The summed E-state index contributed by atoms with van der Waals surface area (Å²) in [4.78, 5) is 0. The van der Waals surface area contributed by atoms with E-state index in [2.05, 4.69) is 33.0 Å². The lowest BCUT2D eigenvalue weighted by Crippen LogP contribution is -2.39. The van der Waals surface area contributed by atoms with Crippen LogP contribution in [0.5, 0.6) is 0 Å². The van der Waals surface area contributed by atoms with Crippen molar-refractivity contribution in [3.05, 3.63) is 0 Å². The molecule has 0 unspecified atom stereocenters. The third-order valence-corrected chi connectivity index (χ3v) is 2.15. The van der Waals surface area contributed by atoms with Gasteiger partial charge in [-0.2, -0.15) is 0 Å². The van der Waals surface area contributed by atoms with Gasteiger partial charge in [-0.1, -0.05) is 6.92 Å². The highest BCUT2D eigenvalue weighted by atomic mass is 15.0. The second kappa shape index (κ2) is 2.23. The van der Waals surface area contributed by atoms with Crippen LogP contribution < -0.4 is 5.32 Å². The van der Waals surface area contributed by atoms with Crippen LogP contribution in [0.2, 0.25) is 0 Å². The number of rotatable bonds is 2. The molecule has 0 aromatic carbocycles. The highest BCUT2D eigenvalue weighted by Crippen LogP contribution is 2.44. The number of hydrogen-bond donors (Lipinski definition) is 1. The van der Waals surface area contributed by atoms with Gasteiger partial charge in [-0.3, -0.25) is 0 Å². The standard InChI is InChI=1S/C9H19N/c1-8(2,3)10-7-9(4)5-6-9/h10H,5-7H2,1-4H3. The smallest absolute Gasteiger partial charge is 0.00967 e. The van der Waals surface area contributed by atoms with Gasteiger partial charge in [0.1, 0.15) is 0 Å². The molecular weight excluding hydrogens is 122 g/mol. The molecular formula is C9H19N. The fraction of sp³-hybridized carbons (Fsp3) is 1.00. The Morgan fingerprint density at radius 1 is 1.30 bits per heavy atom. The topological polar surface area (TPSA) is 12.0 Å². The zero-order valence-corrected chi connectivity index (χ0v) is 7.62. The Morgan fingerprint density at radius 2 is 1.80 bits per heavy atom. The molecule has 0 saturated heterocycles. The van der Waals surface area contributed by atoms with Crippen molar-refractivity contribution in [1.29, 1.82) is 0 Å². The predicted octanol–water partition coefficient (Wildman–Crippen LogP) is 2.17. The molecule has 1 aliphatic rings. The van der Waals surface area contributed by atoms with Crippen molar-refractivity contribution >= 4 is 0 Å². The van der Waals surface area contributed by atoms with Gasteiger partial charge in [0.05, 0.1) is 0 Å². The van der Waals surface area contributed by atoms with E-state index in [-0.39, 0.29) is 0 Å². The Hall–Kier alpha value is -0.0400. The third-order valence-electron chi connectivity index (χ3n) is 2.15. The van der Waals surface area contributed by atoms with Crippen LogP contribution >= 0.6 is 0 Å². The molecule has 0 heterocycles. The quantitative estimate of drug-likeness (QED) is 0.621. The van der Waals surface area contributed by atoms with Gasteiger partial charge in [-0.25, -0.2) is 0 Å². The van der Waals surface area contributed by atoms with Crippen molar-refractivity contribution in [3.63, 3.8) is 0 Å². The molecule has 1 rings (SSSR count). The van der Waals surface area contributed by atoms with Gasteiger partial charge in [0.15, 0.2) is 0 Å². The van der Waals surface area contributed by atoms with Crippen LogP contribution in [-0.4, -0.2) is 12.1 Å². The number of hydrogen-bond acceptors (Lipinski definition) is 1. The lowest BCUT2D eigenvalue weighted by Gasteiger charge is -2.23. The summed E-state index contributed by atoms with van der Waals surface area (Å²) in [7, 11) is 0. The first-order chi connectivity index (χ1) is 4.41. The first-order valence-corrected chi connectivity index (χ1v) is 4.16. The molecule has 0 amide bonds. The average Bonchev–Trinajstić information content (AvgIpc) is 2.43. The van der Waals surface area contributed by atoms with E-state index in [1.165, 1.54) is 19.4 Å². The van der Waals surface area contributed by atoms with Crippen LogP contribution in [0.25, 0.3) is 0 Å². The maximum atomic E-state index is 3.52. The van der Waals surface area contributed by atoms with E-state index in [1.54, 1.807) is 0 Å². The van der Waals surface area contributed by atoms with E-state index in [4.69, 9.17) is 0 Å². The van der Waals surface area contributed by atoms with Crippen molar-refractivity contribution in [2.75, 3.05) is 6.54 Å². The van der Waals surface area contributed by atoms with Crippen LogP contribution in [0, 0.1) is 5.41 Å². The maximum absolute atomic E-state index is 3.52. The van der Waals surface area contributed by atoms with E-state index in [0.29, 0.717) is 11.0 Å². The fourth-order valence-corrected chi connectivity index (χ4v) is 0.869. The second-order valence-corrected chi connectivity index (χ2v) is 4.91. The van der Waals surface area contributed by atoms with Crippen molar-refractivity contribution in [3.8, 4) is 0 Å². The molecule has 1 saturated carbocycles. The van der Waals surface area contributed by atoms with Gasteiger partial charge < -0.3 is 5.32 Å². The molecule has 0 aliphatic heterocycles. The molecule has 0 spiro atoms. The molecule has 0 bridgehead atoms. The zero-order chi connectivity index (χ0) is 7.83. The van der Waals surface area contributed by atoms with E-state index in [1.807, 2.05) is 0 Å². The van der Waals surface area contributed by atoms with Crippen molar-refractivity contribution in [1.82, 2.24) is 5.32 Å². The summed E-state index contributed by atoms with van der Waals surface area (Å²) in [6.07, 6.45) is 2.83. The normalized spacial score (nSPS) is 22.8. The molecule has 10 heavy (non-hydrogen) atoms. The first kappa shape index (κ1) is 8.06. The van der Waals surface area contributed by atoms with E-state index in [9.17, 15) is 0 Å². The SMILES string of the molecule is CC1(CNC(C)(C)C)CC1. The van der Waals surface area contributed by atoms with Crippen LogP contribution in [0.1, 0.15) is 40.5 Å². The van der Waals surface area contributed by atoms with Gasteiger partial charge in [-0.15, -0.1) is 0 Å². The van der Waals surface area contributed by atoms with Gasteiger partial charge >= 0.3 is 0 Å². The second-order valence-electron chi connectivity index (χ2n) is 4.91. The van der Waals surface area contributed by atoms with Crippen molar-refractivity contribution < 1.29 is 0 Å². The van der Waals surface area contributed by atoms with Gasteiger partial charge in [0, 0.05) is 12.1 Å². The Morgan fingerprint density at radius 3 is 2.10 bits per heavy atom. The van der Waals surface area contributed by atoms with Crippen LogP contribution in [0.4, 0.5) is 0 Å². The summed E-state index contributed by atoms with van der Waals surface area (Å²) >= 11 is 0. The Balaban J connectivity index is 2.17. The molecule has 1 N–H and O–H groups in total. The summed E-state index contributed by atoms with van der Waals surface area (Å²) in [6, 6.07) is 0. The highest BCUT2D eigenvalue weighted by molar-refractivity contribution is 4.92. The van der Waals surface area contributed by atoms with Crippen LogP contribution in [0.3, 0.4) is 0 Å². The Bertz CT molecular complexity index is 112. The summed E-state index contributed by atoms with van der Waals surface area (Å²) in [6.45, 7) is 10.2. The van der Waals surface area contributed by atoms with E-state index in [0.717, 1.165) is 0 Å². The zero-order valence-electron chi connectivity index (χ0n) is 7.62. The molecule has 0 radical (unpaired) electrons. The Labute approximate surface area is 64.2 Å². The summed E-state index contributed by atoms with van der Waals surface area (Å²) in [5, 5.41) is 3.52. The van der Waals surface area contributed by atoms with Gasteiger partial charge in [0.2, 0.25) is 0 Å². The largest absolute Gasteiger partial charge is 0.312 e. The minimum absolute atomic E-state index is 0.297. The Kier molecular flexibility index (Phi) is 1.80. The summed E-state index contributed by atoms with van der Waals surface area (Å²) < 4.78 is 0. The third kappa shape index (κ3) is 2.70. The molecule has 1 fully saturated rings. The maximum Gasteiger partial charge on any atom is 0.00967 e. The van der Waals surface area contributed by atoms with Crippen LogP contribution in [0.15, 0.2) is 0 Å². The fourth-order valence-electron chi connectivity index (χ4n) is 0.869. The predicted molar refractivity (Wildman–Crippen MR) is 45.1 cm³/mol. The molecule has 1 nitrogen and oxygen atoms in total. The molecule has 0 atom stereocenters. The minimum atomic E-state index is 0.297. The lowest BCUT2D eigenvalue weighted by atomic mass is 10.1. The molecule has 60 valence electrons. The molecule has 0 aromatic rings. The molecule has 0 aromatic heterocycles. The van der Waals surface area contributed by atoms with Gasteiger partial charge in [0.25, 0.3) is 0 Å². The molecule has 1 aliphatic carbocycles. The lowest BCUT2D eigenvalue weighted by molar-refractivity contribution is 0.373. The average molecular weight is 141 g/mol. The van der Waals surface area contributed by atoms with Crippen LogP contribution in [-0.2, 0) is 0 Å². The van der Waals surface area contributed by atoms with Gasteiger partial charge in [-0.05, 0) is 39.0 Å². The highest BCUT2D eigenvalue weighted by Gasteiger charge is 2.37. The summed E-state index contributed by atoms with van der Waals surface area (Å²) in [5.74, 6) is 0. The van der Waals surface area contributed by atoms with E-state index < -0.39 is 0 Å². The van der Waals surface area contributed by atoms with E-state index >= 15 is 0 Å². The van der Waals surface area contributed by atoms with Crippen molar-refractivity contribution in [2.24, 2.45) is 5.41 Å². The monoisotopic (exact) mass is 141 g/mol. The van der Waals surface area contributed by atoms with Crippen molar-refractivity contribution in [2.45, 2.75) is 46.1 Å². The number of nitrogens with one attached hydrogen (secondary N) is 1. The first-order valence-electron chi connectivity index (χ1n) is 4.16. The molecule has 1 heteroatoms. The minimum Gasteiger partial charge on any atom is -0.312 e.